The minimum atomic E-state index is -0.508. The topological polar surface area (TPSA) is 75.2 Å². The lowest BCUT2D eigenvalue weighted by atomic mass is 9.99. The van der Waals surface area contributed by atoms with Crippen LogP contribution in [0.4, 0.5) is 10.1 Å². The molecule has 1 aliphatic rings. The molecular formula is C26H27FN4O2. The van der Waals surface area contributed by atoms with Gasteiger partial charge in [-0.3, -0.25) is 9.59 Å². The highest BCUT2D eigenvalue weighted by Crippen LogP contribution is 2.30. The molecule has 0 radical (unpaired) electrons. The van der Waals surface area contributed by atoms with Crippen LogP contribution in [0.25, 0.3) is 0 Å². The number of piperidine rings is 1. The molecule has 4 rings (SSSR count). The van der Waals surface area contributed by atoms with Crippen molar-refractivity contribution in [2.24, 2.45) is 0 Å². The smallest absolute Gasteiger partial charge is 0.259 e. The van der Waals surface area contributed by atoms with E-state index in [1.54, 1.807) is 19.1 Å². The molecule has 0 aliphatic carbocycles. The third-order valence-electron chi connectivity index (χ3n) is 5.96. The highest BCUT2D eigenvalue weighted by Gasteiger charge is 2.30. The molecule has 1 saturated heterocycles. The van der Waals surface area contributed by atoms with Crippen LogP contribution in [0.15, 0.2) is 54.7 Å². The van der Waals surface area contributed by atoms with Crippen LogP contribution in [0, 0.1) is 19.7 Å². The number of halogens is 1. The summed E-state index contributed by atoms with van der Waals surface area (Å²) in [5.41, 5.74) is 3.00. The van der Waals surface area contributed by atoms with Crippen molar-refractivity contribution in [2.45, 2.75) is 45.6 Å². The van der Waals surface area contributed by atoms with E-state index in [9.17, 15) is 14.0 Å². The maximum absolute atomic E-state index is 13.9. The van der Waals surface area contributed by atoms with E-state index in [1.165, 1.54) is 18.3 Å². The second-order valence-corrected chi connectivity index (χ2v) is 8.42. The molecule has 170 valence electrons. The predicted molar refractivity (Wildman–Crippen MR) is 124 cm³/mol. The first-order valence-electron chi connectivity index (χ1n) is 11.2. The third-order valence-corrected chi connectivity index (χ3v) is 5.96. The standard InChI is InChI=1S/C26H27FN4O2/c1-17-10-12-19(13-11-17)15-24(32)31-14-6-5-9-23(31)25-28-16-20(18(2)29-25)26(33)30-22-8-4-3-7-21(22)27/h3-4,7-8,10-13,16,23H,5-6,9,14-15H2,1-2H3,(H,30,33)/t23-/m0/s1. The zero-order valence-electron chi connectivity index (χ0n) is 18.8. The molecule has 1 fully saturated rings. The lowest BCUT2D eigenvalue weighted by Gasteiger charge is -2.35. The number of aryl methyl sites for hydroxylation is 2. The van der Waals surface area contributed by atoms with E-state index in [4.69, 9.17) is 0 Å². The van der Waals surface area contributed by atoms with Crippen molar-refractivity contribution < 1.29 is 14.0 Å². The fraction of sp³-hybridized carbons (Fsp3) is 0.308. The summed E-state index contributed by atoms with van der Waals surface area (Å²) in [5.74, 6) is -0.399. The molecular weight excluding hydrogens is 419 g/mol. The number of hydrogen-bond donors (Lipinski definition) is 1. The molecule has 1 N–H and O–H groups in total. The average molecular weight is 447 g/mol. The van der Waals surface area contributed by atoms with Crippen molar-refractivity contribution >= 4 is 17.5 Å². The fourth-order valence-corrected chi connectivity index (χ4v) is 4.10. The first-order valence-corrected chi connectivity index (χ1v) is 11.2. The van der Waals surface area contributed by atoms with Gasteiger partial charge in [0.2, 0.25) is 5.91 Å². The van der Waals surface area contributed by atoms with Crippen LogP contribution in [0.3, 0.4) is 0 Å². The molecule has 0 bridgehead atoms. The number of nitrogens with zero attached hydrogens (tertiary/aromatic N) is 3. The number of likely N-dealkylation sites (tertiary alicyclic amines) is 1. The van der Waals surface area contributed by atoms with Gasteiger partial charge < -0.3 is 10.2 Å². The monoisotopic (exact) mass is 446 g/mol. The third kappa shape index (κ3) is 5.25. The second-order valence-electron chi connectivity index (χ2n) is 8.42. The van der Waals surface area contributed by atoms with Crippen LogP contribution in [0.2, 0.25) is 0 Å². The van der Waals surface area contributed by atoms with E-state index >= 15 is 0 Å². The Morgan fingerprint density at radius 3 is 2.58 bits per heavy atom. The number of anilines is 1. The van der Waals surface area contributed by atoms with Crippen molar-refractivity contribution in [2.75, 3.05) is 11.9 Å². The molecule has 2 heterocycles. The van der Waals surface area contributed by atoms with Crippen molar-refractivity contribution in [1.82, 2.24) is 14.9 Å². The highest BCUT2D eigenvalue weighted by atomic mass is 19.1. The molecule has 1 aromatic heterocycles. The van der Waals surface area contributed by atoms with Crippen LogP contribution in [0.5, 0.6) is 0 Å². The van der Waals surface area contributed by atoms with Crippen molar-refractivity contribution in [3.05, 3.63) is 88.8 Å². The highest BCUT2D eigenvalue weighted by molar-refractivity contribution is 6.04. The van der Waals surface area contributed by atoms with Crippen LogP contribution in [-0.4, -0.2) is 33.2 Å². The van der Waals surface area contributed by atoms with E-state index in [0.29, 0.717) is 24.5 Å². The lowest BCUT2D eigenvalue weighted by Crippen LogP contribution is -2.40. The first-order chi connectivity index (χ1) is 15.9. The first kappa shape index (κ1) is 22.6. The van der Waals surface area contributed by atoms with Crippen LogP contribution in [0.1, 0.15) is 58.3 Å². The van der Waals surface area contributed by atoms with Gasteiger partial charge in [-0.1, -0.05) is 42.0 Å². The number of rotatable bonds is 5. The average Bonchev–Trinajstić information content (AvgIpc) is 2.82. The van der Waals surface area contributed by atoms with E-state index in [2.05, 4.69) is 15.3 Å². The predicted octanol–water partition coefficient (Wildman–Crippen LogP) is 4.78. The normalized spacial score (nSPS) is 15.8. The van der Waals surface area contributed by atoms with Gasteiger partial charge in [0, 0.05) is 12.7 Å². The molecule has 6 nitrogen and oxygen atoms in total. The number of amides is 2. The number of nitrogens with one attached hydrogen (secondary N) is 1. The summed E-state index contributed by atoms with van der Waals surface area (Å²) in [4.78, 5) is 36.6. The Kier molecular flexibility index (Phi) is 6.77. The van der Waals surface area contributed by atoms with Crippen LogP contribution < -0.4 is 5.32 Å². The Bertz CT molecular complexity index is 1160. The zero-order chi connectivity index (χ0) is 23.4. The number of para-hydroxylation sites is 1. The number of carbonyl (C=O) groups is 2. The van der Waals surface area contributed by atoms with Crippen LogP contribution in [-0.2, 0) is 11.2 Å². The van der Waals surface area contributed by atoms with Crippen molar-refractivity contribution in [3.8, 4) is 0 Å². The fourth-order valence-electron chi connectivity index (χ4n) is 4.10. The maximum atomic E-state index is 13.9. The Morgan fingerprint density at radius 2 is 1.85 bits per heavy atom. The molecule has 1 aliphatic heterocycles. The van der Waals surface area contributed by atoms with E-state index in [1.807, 2.05) is 36.1 Å². The van der Waals surface area contributed by atoms with Gasteiger partial charge in [0.1, 0.15) is 5.82 Å². The number of carbonyl (C=O) groups excluding carboxylic acids is 2. The molecule has 1 atom stereocenters. The summed E-state index contributed by atoms with van der Waals surface area (Å²) in [7, 11) is 0. The molecule has 0 saturated carbocycles. The van der Waals surface area contributed by atoms with E-state index in [0.717, 1.165) is 30.4 Å². The van der Waals surface area contributed by atoms with Crippen molar-refractivity contribution in [3.63, 3.8) is 0 Å². The van der Waals surface area contributed by atoms with Gasteiger partial charge in [0.25, 0.3) is 5.91 Å². The molecule has 2 amide bonds. The summed E-state index contributed by atoms with van der Waals surface area (Å²) in [6.07, 6.45) is 4.50. The summed E-state index contributed by atoms with van der Waals surface area (Å²) in [6, 6.07) is 13.7. The Labute approximate surface area is 192 Å². The zero-order valence-corrected chi connectivity index (χ0v) is 18.8. The quantitative estimate of drug-likeness (QED) is 0.612. The number of hydrogen-bond acceptors (Lipinski definition) is 4. The Balaban J connectivity index is 1.51. The molecule has 2 aromatic carbocycles. The molecule has 0 spiro atoms. The molecule has 7 heteroatoms. The maximum Gasteiger partial charge on any atom is 0.259 e. The summed E-state index contributed by atoms with van der Waals surface area (Å²) < 4.78 is 13.9. The summed E-state index contributed by atoms with van der Waals surface area (Å²) >= 11 is 0. The number of benzene rings is 2. The Hall–Kier alpha value is -3.61. The largest absolute Gasteiger partial charge is 0.332 e. The minimum absolute atomic E-state index is 0.0474. The van der Waals surface area contributed by atoms with Gasteiger partial charge in [-0.2, -0.15) is 0 Å². The van der Waals surface area contributed by atoms with Crippen molar-refractivity contribution in [1.29, 1.82) is 0 Å². The number of aromatic nitrogens is 2. The van der Waals surface area contributed by atoms with Gasteiger partial charge in [0.05, 0.1) is 29.4 Å². The van der Waals surface area contributed by atoms with Gasteiger partial charge in [-0.05, 0) is 50.8 Å². The second kappa shape index (κ2) is 9.90. The SMILES string of the molecule is Cc1ccc(CC(=O)N2CCCC[C@H]2c2ncc(C(=O)Nc3ccccc3F)c(C)n2)cc1. The van der Waals surface area contributed by atoms with Gasteiger partial charge in [-0.15, -0.1) is 0 Å². The van der Waals surface area contributed by atoms with Gasteiger partial charge in [0.15, 0.2) is 5.82 Å². The molecule has 3 aromatic rings. The van der Waals surface area contributed by atoms with Gasteiger partial charge in [-0.25, -0.2) is 14.4 Å². The Morgan fingerprint density at radius 1 is 1.09 bits per heavy atom. The lowest BCUT2D eigenvalue weighted by molar-refractivity contribution is -0.134. The van der Waals surface area contributed by atoms with E-state index < -0.39 is 11.7 Å². The summed E-state index contributed by atoms with van der Waals surface area (Å²) in [5, 5.41) is 2.57. The minimum Gasteiger partial charge on any atom is -0.332 e. The van der Waals surface area contributed by atoms with Crippen LogP contribution >= 0.6 is 0 Å². The summed E-state index contributed by atoms with van der Waals surface area (Å²) in [6.45, 7) is 4.40. The molecule has 0 unspecified atom stereocenters. The van der Waals surface area contributed by atoms with Gasteiger partial charge >= 0.3 is 0 Å². The van der Waals surface area contributed by atoms with E-state index in [-0.39, 0.29) is 23.2 Å². The molecule has 33 heavy (non-hydrogen) atoms.